The summed E-state index contributed by atoms with van der Waals surface area (Å²) < 4.78 is 37.6. The maximum absolute atomic E-state index is 12.5. The molecule has 0 aromatic carbocycles. The summed E-state index contributed by atoms with van der Waals surface area (Å²) in [6.45, 7) is 0. The molecule has 4 nitrogen and oxygen atoms in total. The van der Waals surface area contributed by atoms with Gasteiger partial charge >= 0.3 is 6.18 Å². The Hall–Kier alpha value is -2.09. The zero-order valence-electron chi connectivity index (χ0n) is 10.7. The summed E-state index contributed by atoms with van der Waals surface area (Å²) in [4.78, 5) is 26.1. The lowest BCUT2D eigenvalue weighted by molar-refractivity contribution is -0.137. The molecule has 0 aliphatic heterocycles. The van der Waals surface area contributed by atoms with E-state index in [1.165, 1.54) is 11.3 Å². The molecule has 2 heterocycles. The summed E-state index contributed by atoms with van der Waals surface area (Å²) in [6, 6.07) is 4.33. The fraction of sp³-hybridized carbons (Fsp3) is 0.231. The lowest BCUT2D eigenvalue weighted by atomic mass is 10.2. The highest BCUT2D eigenvalue weighted by atomic mass is 32.1. The predicted molar refractivity (Wildman–Crippen MR) is 73.3 cm³/mol. The van der Waals surface area contributed by atoms with Gasteiger partial charge in [-0.3, -0.25) is 9.59 Å². The number of anilines is 1. The Kier molecular flexibility index (Phi) is 4.46. The Morgan fingerprint density at radius 1 is 1.38 bits per heavy atom. The lowest BCUT2D eigenvalue weighted by Crippen LogP contribution is -2.21. The SMILES string of the molecule is O=C(CCc1cccs1)Nc1cc(C(F)(F)F)c[nH]c1=O. The minimum atomic E-state index is -4.58. The van der Waals surface area contributed by atoms with Crippen molar-refractivity contribution in [3.8, 4) is 0 Å². The van der Waals surface area contributed by atoms with E-state index in [1.54, 1.807) is 0 Å². The van der Waals surface area contributed by atoms with Gasteiger partial charge in [0.15, 0.2) is 0 Å². The van der Waals surface area contributed by atoms with Crippen molar-refractivity contribution in [1.82, 2.24) is 4.98 Å². The molecule has 0 fully saturated rings. The second kappa shape index (κ2) is 6.13. The van der Waals surface area contributed by atoms with Crippen LogP contribution >= 0.6 is 11.3 Å². The fourth-order valence-electron chi connectivity index (χ4n) is 1.64. The van der Waals surface area contributed by atoms with Crippen molar-refractivity contribution in [2.24, 2.45) is 0 Å². The molecule has 2 aromatic heterocycles. The monoisotopic (exact) mass is 316 g/mol. The van der Waals surface area contributed by atoms with Crippen LogP contribution in [-0.2, 0) is 17.4 Å². The summed E-state index contributed by atoms with van der Waals surface area (Å²) in [5, 5.41) is 4.07. The van der Waals surface area contributed by atoms with Crippen LogP contribution in [0.1, 0.15) is 16.9 Å². The van der Waals surface area contributed by atoms with Crippen LogP contribution in [0.15, 0.2) is 34.6 Å². The van der Waals surface area contributed by atoms with E-state index in [0.717, 1.165) is 4.88 Å². The van der Waals surface area contributed by atoms with Crippen LogP contribution in [0.5, 0.6) is 0 Å². The van der Waals surface area contributed by atoms with Crippen molar-refractivity contribution < 1.29 is 18.0 Å². The van der Waals surface area contributed by atoms with Gasteiger partial charge in [0.2, 0.25) is 5.91 Å². The number of nitrogens with one attached hydrogen (secondary N) is 2. The van der Waals surface area contributed by atoms with E-state index < -0.39 is 28.9 Å². The normalized spacial score (nSPS) is 11.4. The van der Waals surface area contributed by atoms with Gasteiger partial charge in [0.25, 0.3) is 5.56 Å². The third kappa shape index (κ3) is 4.19. The molecule has 0 radical (unpaired) electrons. The number of H-pyrrole nitrogens is 1. The average molecular weight is 316 g/mol. The number of alkyl halides is 3. The number of carbonyl (C=O) groups is 1. The molecular weight excluding hydrogens is 305 g/mol. The third-order valence-corrected chi connectivity index (χ3v) is 3.62. The summed E-state index contributed by atoms with van der Waals surface area (Å²) in [6.07, 6.45) is -3.44. The van der Waals surface area contributed by atoms with Gasteiger partial charge in [-0.25, -0.2) is 0 Å². The highest BCUT2D eigenvalue weighted by Gasteiger charge is 2.31. The van der Waals surface area contributed by atoms with Gasteiger partial charge in [-0.05, 0) is 23.9 Å². The van der Waals surface area contributed by atoms with Crippen molar-refractivity contribution in [3.63, 3.8) is 0 Å². The largest absolute Gasteiger partial charge is 0.417 e. The Balaban J connectivity index is 2.04. The van der Waals surface area contributed by atoms with Gasteiger partial charge in [-0.15, -0.1) is 11.3 Å². The molecule has 0 spiro atoms. The van der Waals surface area contributed by atoms with Crippen molar-refractivity contribution >= 4 is 22.9 Å². The number of halogens is 3. The first kappa shape index (κ1) is 15.3. The number of aryl methyl sites for hydroxylation is 1. The molecule has 2 aromatic rings. The van der Waals surface area contributed by atoms with Crippen molar-refractivity contribution in [3.05, 3.63) is 50.6 Å². The molecule has 0 saturated heterocycles. The topological polar surface area (TPSA) is 62.0 Å². The van der Waals surface area contributed by atoms with E-state index >= 15 is 0 Å². The van der Waals surface area contributed by atoms with E-state index in [2.05, 4.69) is 5.32 Å². The van der Waals surface area contributed by atoms with E-state index in [1.807, 2.05) is 22.5 Å². The summed E-state index contributed by atoms with van der Waals surface area (Å²) >= 11 is 1.48. The fourth-order valence-corrected chi connectivity index (χ4v) is 2.35. The van der Waals surface area contributed by atoms with Crippen LogP contribution in [0.2, 0.25) is 0 Å². The number of carbonyl (C=O) groups excluding carboxylic acids is 1. The first-order valence-electron chi connectivity index (χ1n) is 5.98. The smallest absolute Gasteiger partial charge is 0.327 e. The molecule has 8 heteroatoms. The summed E-state index contributed by atoms with van der Waals surface area (Å²) in [7, 11) is 0. The van der Waals surface area contributed by atoms with Crippen LogP contribution in [0.25, 0.3) is 0 Å². The lowest BCUT2D eigenvalue weighted by Gasteiger charge is -2.09. The molecule has 0 atom stereocenters. The van der Waals surface area contributed by atoms with Gasteiger partial charge in [-0.1, -0.05) is 6.07 Å². The molecule has 0 aliphatic carbocycles. The Morgan fingerprint density at radius 3 is 2.76 bits per heavy atom. The van der Waals surface area contributed by atoms with Crippen LogP contribution in [0, 0.1) is 0 Å². The quantitative estimate of drug-likeness (QED) is 0.911. The van der Waals surface area contributed by atoms with Gasteiger partial charge in [-0.2, -0.15) is 13.2 Å². The van der Waals surface area contributed by atoms with Crippen molar-refractivity contribution in [2.45, 2.75) is 19.0 Å². The Morgan fingerprint density at radius 2 is 2.14 bits per heavy atom. The van der Waals surface area contributed by atoms with Crippen LogP contribution in [0.3, 0.4) is 0 Å². The highest BCUT2D eigenvalue weighted by Crippen LogP contribution is 2.29. The second-order valence-corrected chi connectivity index (χ2v) is 5.29. The molecule has 0 unspecified atom stereocenters. The van der Waals surface area contributed by atoms with Gasteiger partial charge < -0.3 is 10.3 Å². The number of pyridine rings is 1. The predicted octanol–water partition coefficient (Wildman–Crippen LogP) is 3.03. The maximum atomic E-state index is 12.5. The molecule has 0 saturated carbocycles. The highest BCUT2D eigenvalue weighted by molar-refractivity contribution is 7.09. The van der Waals surface area contributed by atoms with Crippen molar-refractivity contribution in [1.29, 1.82) is 0 Å². The number of aromatic nitrogens is 1. The summed E-state index contributed by atoms with van der Waals surface area (Å²) in [5.41, 5.74) is -2.19. The molecule has 0 aliphatic rings. The first-order chi connectivity index (χ1) is 9.86. The zero-order chi connectivity index (χ0) is 15.5. The zero-order valence-corrected chi connectivity index (χ0v) is 11.5. The molecule has 2 N–H and O–H groups in total. The minimum Gasteiger partial charge on any atom is -0.327 e. The van der Waals surface area contributed by atoms with Gasteiger partial charge in [0.05, 0.1) is 5.56 Å². The molecule has 112 valence electrons. The molecule has 2 rings (SSSR count). The van der Waals surface area contributed by atoms with E-state index in [0.29, 0.717) is 18.7 Å². The van der Waals surface area contributed by atoms with Crippen LogP contribution in [-0.4, -0.2) is 10.9 Å². The minimum absolute atomic E-state index is 0.0935. The van der Waals surface area contributed by atoms with E-state index in [9.17, 15) is 22.8 Å². The molecule has 21 heavy (non-hydrogen) atoms. The Bertz CT molecular complexity index is 677. The van der Waals surface area contributed by atoms with Crippen LogP contribution in [0.4, 0.5) is 18.9 Å². The second-order valence-electron chi connectivity index (χ2n) is 4.26. The number of amides is 1. The summed E-state index contributed by atoms with van der Waals surface area (Å²) in [5.74, 6) is -0.506. The number of thiophene rings is 1. The Labute approximate surface area is 121 Å². The maximum Gasteiger partial charge on any atom is 0.417 e. The van der Waals surface area contributed by atoms with Crippen molar-refractivity contribution in [2.75, 3.05) is 5.32 Å². The number of aromatic amines is 1. The van der Waals surface area contributed by atoms with Gasteiger partial charge in [0, 0.05) is 17.5 Å². The first-order valence-corrected chi connectivity index (χ1v) is 6.86. The molecule has 0 bridgehead atoms. The number of hydrogen-bond donors (Lipinski definition) is 2. The van der Waals surface area contributed by atoms with Gasteiger partial charge in [0.1, 0.15) is 5.69 Å². The molecule has 1 amide bonds. The van der Waals surface area contributed by atoms with Crippen LogP contribution < -0.4 is 10.9 Å². The average Bonchev–Trinajstić information content (AvgIpc) is 2.91. The van der Waals surface area contributed by atoms with E-state index in [4.69, 9.17) is 0 Å². The van der Waals surface area contributed by atoms with E-state index in [-0.39, 0.29) is 6.42 Å². The standard InChI is InChI=1S/C13H11F3N2O2S/c14-13(15,16)8-6-10(12(20)17-7-8)18-11(19)4-3-9-2-1-5-21-9/h1-2,5-7H,3-4H2,(H,17,20)(H,18,19). The molecular formula is C13H11F3N2O2S. The number of rotatable bonds is 4. The number of hydrogen-bond acceptors (Lipinski definition) is 3. The third-order valence-electron chi connectivity index (χ3n) is 2.68.